The van der Waals surface area contributed by atoms with Crippen LogP contribution in [0.1, 0.15) is 38.3 Å². The topological polar surface area (TPSA) is 61.9 Å². The first kappa shape index (κ1) is 13.9. The van der Waals surface area contributed by atoms with Gasteiger partial charge in [0, 0.05) is 24.8 Å². The van der Waals surface area contributed by atoms with E-state index in [1.807, 2.05) is 40.8 Å². The molecule has 21 heavy (non-hydrogen) atoms. The van der Waals surface area contributed by atoms with Gasteiger partial charge in [0.25, 0.3) is 0 Å². The quantitative estimate of drug-likeness (QED) is 0.809. The zero-order chi connectivity index (χ0) is 14.7. The van der Waals surface area contributed by atoms with E-state index in [4.69, 9.17) is 4.74 Å². The summed E-state index contributed by atoms with van der Waals surface area (Å²) < 4.78 is 9.10. The molecule has 0 N–H and O–H groups in total. The van der Waals surface area contributed by atoms with Crippen LogP contribution in [-0.4, -0.2) is 32.1 Å². The molecule has 0 spiro atoms. The van der Waals surface area contributed by atoms with Crippen molar-refractivity contribution in [3.05, 3.63) is 36.9 Å². The fourth-order valence-electron chi connectivity index (χ4n) is 3.16. The van der Waals surface area contributed by atoms with Gasteiger partial charge in [-0.2, -0.15) is 10.2 Å². The zero-order valence-corrected chi connectivity index (χ0v) is 12.1. The van der Waals surface area contributed by atoms with E-state index in [-0.39, 0.29) is 17.9 Å². The SMILES string of the molecule is CCOC(=O)C1CCC(n2cccn2)CC1n1cccn1. The first-order chi connectivity index (χ1) is 10.3. The van der Waals surface area contributed by atoms with E-state index in [0.29, 0.717) is 12.6 Å². The van der Waals surface area contributed by atoms with Crippen LogP contribution in [0.4, 0.5) is 0 Å². The summed E-state index contributed by atoms with van der Waals surface area (Å²) >= 11 is 0. The second kappa shape index (κ2) is 6.11. The summed E-state index contributed by atoms with van der Waals surface area (Å²) in [6.07, 6.45) is 10.0. The molecule has 1 aliphatic carbocycles. The number of nitrogens with zero attached hydrogens (tertiary/aromatic N) is 4. The lowest BCUT2D eigenvalue weighted by atomic mass is 9.81. The number of esters is 1. The molecule has 6 heteroatoms. The summed E-state index contributed by atoms with van der Waals surface area (Å²) in [5.74, 6) is -0.242. The average Bonchev–Trinajstić information content (AvgIpc) is 3.20. The van der Waals surface area contributed by atoms with Gasteiger partial charge >= 0.3 is 5.97 Å². The van der Waals surface area contributed by atoms with Crippen LogP contribution in [0.25, 0.3) is 0 Å². The Morgan fingerprint density at radius 3 is 2.52 bits per heavy atom. The molecule has 2 heterocycles. The predicted molar refractivity (Wildman–Crippen MR) is 76.5 cm³/mol. The average molecular weight is 288 g/mol. The van der Waals surface area contributed by atoms with E-state index < -0.39 is 0 Å². The van der Waals surface area contributed by atoms with Crippen LogP contribution < -0.4 is 0 Å². The smallest absolute Gasteiger partial charge is 0.311 e. The Hall–Kier alpha value is -2.11. The molecule has 3 atom stereocenters. The van der Waals surface area contributed by atoms with E-state index >= 15 is 0 Å². The zero-order valence-electron chi connectivity index (χ0n) is 12.1. The number of carbonyl (C=O) groups excluding carboxylic acids is 1. The Morgan fingerprint density at radius 2 is 1.90 bits per heavy atom. The molecule has 0 saturated heterocycles. The number of ether oxygens (including phenoxy) is 1. The van der Waals surface area contributed by atoms with Gasteiger partial charge < -0.3 is 4.74 Å². The third kappa shape index (κ3) is 2.84. The van der Waals surface area contributed by atoms with Crippen LogP contribution in [-0.2, 0) is 9.53 Å². The predicted octanol–water partition coefficient (Wildman–Crippen LogP) is 2.23. The summed E-state index contributed by atoms with van der Waals surface area (Å²) in [4.78, 5) is 12.2. The van der Waals surface area contributed by atoms with Gasteiger partial charge in [0.05, 0.1) is 24.6 Å². The monoisotopic (exact) mass is 288 g/mol. The molecular weight excluding hydrogens is 268 g/mol. The van der Waals surface area contributed by atoms with Crippen molar-refractivity contribution < 1.29 is 9.53 Å². The van der Waals surface area contributed by atoms with Crippen LogP contribution in [0.3, 0.4) is 0 Å². The summed E-state index contributed by atoms with van der Waals surface area (Å²) in [6.45, 7) is 2.26. The van der Waals surface area contributed by atoms with E-state index in [1.54, 1.807) is 12.4 Å². The van der Waals surface area contributed by atoms with Crippen molar-refractivity contribution in [2.45, 2.75) is 38.3 Å². The summed E-state index contributed by atoms with van der Waals surface area (Å²) in [7, 11) is 0. The minimum atomic E-state index is -0.128. The molecule has 0 bridgehead atoms. The van der Waals surface area contributed by atoms with E-state index in [2.05, 4.69) is 10.2 Å². The van der Waals surface area contributed by atoms with Crippen molar-refractivity contribution in [1.29, 1.82) is 0 Å². The lowest BCUT2D eigenvalue weighted by molar-refractivity contribution is -0.151. The summed E-state index contributed by atoms with van der Waals surface area (Å²) in [5, 5.41) is 8.66. The maximum atomic E-state index is 12.2. The fourth-order valence-corrected chi connectivity index (χ4v) is 3.16. The van der Waals surface area contributed by atoms with Gasteiger partial charge in [-0.15, -0.1) is 0 Å². The Morgan fingerprint density at radius 1 is 1.19 bits per heavy atom. The molecule has 3 rings (SSSR count). The molecule has 3 unspecified atom stereocenters. The second-order valence-electron chi connectivity index (χ2n) is 5.36. The minimum Gasteiger partial charge on any atom is -0.466 e. The van der Waals surface area contributed by atoms with Crippen LogP contribution in [0, 0.1) is 5.92 Å². The van der Waals surface area contributed by atoms with Crippen LogP contribution in [0.15, 0.2) is 36.9 Å². The first-order valence-electron chi connectivity index (χ1n) is 7.44. The van der Waals surface area contributed by atoms with Crippen molar-refractivity contribution in [2.75, 3.05) is 6.61 Å². The molecule has 1 saturated carbocycles. The van der Waals surface area contributed by atoms with Crippen molar-refractivity contribution in [3.63, 3.8) is 0 Å². The van der Waals surface area contributed by atoms with Crippen LogP contribution >= 0.6 is 0 Å². The van der Waals surface area contributed by atoms with Gasteiger partial charge in [0.2, 0.25) is 0 Å². The van der Waals surface area contributed by atoms with Gasteiger partial charge in [0.15, 0.2) is 0 Å². The number of aromatic nitrogens is 4. The summed E-state index contributed by atoms with van der Waals surface area (Å²) in [5.41, 5.74) is 0. The number of rotatable bonds is 4. The number of carbonyl (C=O) groups is 1. The van der Waals surface area contributed by atoms with Crippen LogP contribution in [0.2, 0.25) is 0 Å². The summed E-state index contributed by atoms with van der Waals surface area (Å²) in [6, 6.07) is 4.15. The molecule has 0 aliphatic heterocycles. The number of hydrogen-bond acceptors (Lipinski definition) is 4. The molecule has 1 fully saturated rings. The van der Waals surface area contributed by atoms with Gasteiger partial charge in [0.1, 0.15) is 0 Å². The molecule has 0 amide bonds. The molecule has 112 valence electrons. The minimum absolute atomic E-state index is 0.0296. The van der Waals surface area contributed by atoms with Crippen molar-refractivity contribution in [2.24, 2.45) is 5.92 Å². The fraction of sp³-hybridized carbons (Fsp3) is 0.533. The third-order valence-corrected chi connectivity index (χ3v) is 4.14. The highest BCUT2D eigenvalue weighted by atomic mass is 16.5. The molecule has 0 radical (unpaired) electrons. The van der Waals surface area contributed by atoms with Gasteiger partial charge in [-0.3, -0.25) is 14.2 Å². The molecular formula is C15H20N4O2. The third-order valence-electron chi connectivity index (χ3n) is 4.14. The second-order valence-corrected chi connectivity index (χ2v) is 5.36. The Labute approximate surface area is 123 Å². The maximum Gasteiger partial charge on any atom is 0.311 e. The van der Waals surface area contributed by atoms with Crippen molar-refractivity contribution in [1.82, 2.24) is 19.6 Å². The normalized spacial score (nSPS) is 25.7. The van der Waals surface area contributed by atoms with E-state index in [1.165, 1.54) is 0 Å². The van der Waals surface area contributed by atoms with Crippen molar-refractivity contribution >= 4 is 5.97 Å². The Kier molecular flexibility index (Phi) is 4.03. The molecule has 6 nitrogen and oxygen atoms in total. The number of hydrogen-bond donors (Lipinski definition) is 0. The maximum absolute atomic E-state index is 12.2. The van der Waals surface area contributed by atoms with Crippen LogP contribution in [0.5, 0.6) is 0 Å². The highest BCUT2D eigenvalue weighted by Gasteiger charge is 2.38. The lowest BCUT2D eigenvalue weighted by Gasteiger charge is -2.35. The van der Waals surface area contributed by atoms with E-state index in [9.17, 15) is 4.79 Å². The van der Waals surface area contributed by atoms with Gasteiger partial charge in [-0.05, 0) is 38.3 Å². The lowest BCUT2D eigenvalue weighted by Crippen LogP contribution is -2.35. The van der Waals surface area contributed by atoms with Gasteiger partial charge in [-0.25, -0.2) is 0 Å². The molecule has 2 aromatic rings. The molecule has 2 aromatic heterocycles. The Balaban J connectivity index is 1.81. The van der Waals surface area contributed by atoms with Gasteiger partial charge in [-0.1, -0.05) is 0 Å². The molecule has 1 aliphatic rings. The largest absolute Gasteiger partial charge is 0.466 e. The highest BCUT2D eigenvalue weighted by molar-refractivity contribution is 5.73. The Bertz CT molecular complexity index is 565. The molecule has 0 aromatic carbocycles. The van der Waals surface area contributed by atoms with E-state index in [0.717, 1.165) is 19.3 Å². The highest BCUT2D eigenvalue weighted by Crippen LogP contribution is 2.39. The van der Waals surface area contributed by atoms with Crippen molar-refractivity contribution in [3.8, 4) is 0 Å². The standard InChI is InChI=1S/C15H20N4O2/c1-2-21-15(20)13-6-5-12(18-9-3-7-16-18)11-14(13)19-10-4-8-17-19/h3-4,7-10,12-14H,2,5-6,11H2,1H3. The first-order valence-corrected chi connectivity index (χ1v) is 7.44.